The molecule has 5 rings (SSSR count). The lowest BCUT2D eigenvalue weighted by molar-refractivity contribution is 0.383. The molecule has 0 aliphatic carbocycles. The zero-order valence-electron chi connectivity index (χ0n) is 22.7. The van der Waals surface area contributed by atoms with Crippen LogP contribution in [0.25, 0.3) is 22.3 Å². The Morgan fingerprint density at radius 3 is 2.12 bits per heavy atom. The van der Waals surface area contributed by atoms with Gasteiger partial charge in [-0.1, -0.05) is 6.07 Å². The van der Waals surface area contributed by atoms with E-state index in [1.54, 1.807) is 16.8 Å². The maximum Gasteiger partial charge on any atom is 0.344 e. The molecule has 0 spiro atoms. The normalized spacial score (nSPS) is 11.9. The molecule has 0 aliphatic rings. The summed E-state index contributed by atoms with van der Waals surface area (Å²) in [5, 5.41) is 0. The topological polar surface area (TPSA) is 131 Å². The second-order valence-corrected chi connectivity index (χ2v) is 11.4. The second-order valence-electron chi connectivity index (χ2n) is 9.57. The minimum Gasteiger partial charge on any atom is -0.308 e. The molecule has 14 heteroatoms. The maximum absolute atomic E-state index is 13.5. The van der Waals surface area contributed by atoms with E-state index in [1.807, 2.05) is 50.1 Å². The van der Waals surface area contributed by atoms with Crippen molar-refractivity contribution in [1.82, 2.24) is 37.9 Å². The van der Waals surface area contributed by atoms with Crippen molar-refractivity contribution in [3.63, 3.8) is 0 Å². The van der Waals surface area contributed by atoms with E-state index in [-0.39, 0.29) is 28.3 Å². The van der Waals surface area contributed by atoms with Crippen molar-refractivity contribution < 1.29 is 12.8 Å². The van der Waals surface area contributed by atoms with Gasteiger partial charge in [0.15, 0.2) is 11.3 Å². The van der Waals surface area contributed by atoms with Gasteiger partial charge in [-0.05, 0) is 70.7 Å². The van der Waals surface area contributed by atoms with E-state index < -0.39 is 21.5 Å². The molecule has 0 saturated carbocycles. The van der Waals surface area contributed by atoms with Crippen molar-refractivity contribution in [2.45, 2.75) is 18.0 Å². The van der Waals surface area contributed by atoms with Gasteiger partial charge in [-0.2, -0.15) is 3.97 Å². The Morgan fingerprint density at radius 2 is 1.48 bits per heavy atom. The Morgan fingerprint density at radius 1 is 0.850 bits per heavy atom. The average molecular weight is 571 g/mol. The molecular formula is C26H31FN8O4S. The quantitative estimate of drug-likeness (QED) is 0.296. The molecule has 212 valence electrons. The summed E-state index contributed by atoms with van der Waals surface area (Å²) in [7, 11) is 3.41. The number of pyridine rings is 2. The number of aromatic amines is 1. The molecule has 4 aromatic heterocycles. The van der Waals surface area contributed by atoms with Gasteiger partial charge in [0.25, 0.3) is 10.0 Å². The Labute approximate surface area is 230 Å². The van der Waals surface area contributed by atoms with Gasteiger partial charge >= 0.3 is 11.4 Å². The lowest BCUT2D eigenvalue weighted by Crippen LogP contribution is -2.32. The summed E-state index contributed by atoms with van der Waals surface area (Å²) in [5.74, 6) is -0.691. The molecule has 1 N–H and O–H groups in total. The highest BCUT2D eigenvalue weighted by Crippen LogP contribution is 2.19. The molecule has 0 unspecified atom stereocenters. The lowest BCUT2D eigenvalue weighted by Gasteiger charge is -2.09. The Bertz CT molecular complexity index is 1850. The average Bonchev–Trinajstić information content (AvgIpc) is 3.38. The van der Waals surface area contributed by atoms with Crippen LogP contribution in [-0.4, -0.2) is 87.6 Å². The molecule has 0 aliphatic heterocycles. The molecule has 5 aromatic rings. The third-order valence-electron chi connectivity index (χ3n) is 6.05. The van der Waals surface area contributed by atoms with Crippen LogP contribution < -0.4 is 11.4 Å². The van der Waals surface area contributed by atoms with Crippen LogP contribution in [0.15, 0.2) is 75.4 Å². The number of hydrogen-bond donors (Lipinski definition) is 1. The number of halogens is 1. The fraction of sp³-hybridized carbons (Fsp3) is 0.308. The number of nitrogens with one attached hydrogen (secondary N) is 1. The van der Waals surface area contributed by atoms with Crippen LogP contribution in [0, 0.1) is 5.82 Å². The molecule has 0 atom stereocenters. The highest BCUT2D eigenvalue weighted by Gasteiger charge is 2.26. The number of rotatable bonds is 8. The molecular weight excluding hydrogens is 539 g/mol. The Balaban J connectivity index is 0.000000210. The van der Waals surface area contributed by atoms with Crippen LogP contribution >= 0.6 is 0 Å². The largest absolute Gasteiger partial charge is 0.344 e. The number of nitrogens with zero attached hydrogens (tertiary/aromatic N) is 7. The zero-order chi connectivity index (χ0) is 29.0. The van der Waals surface area contributed by atoms with Crippen molar-refractivity contribution >= 4 is 32.4 Å². The second kappa shape index (κ2) is 11.9. The molecule has 4 heterocycles. The molecule has 12 nitrogen and oxygen atoms in total. The van der Waals surface area contributed by atoms with E-state index in [4.69, 9.17) is 0 Å². The van der Waals surface area contributed by atoms with Crippen LogP contribution in [-0.2, 0) is 23.1 Å². The van der Waals surface area contributed by atoms with E-state index >= 15 is 0 Å². The van der Waals surface area contributed by atoms with E-state index in [1.165, 1.54) is 29.0 Å². The summed E-state index contributed by atoms with van der Waals surface area (Å²) in [5.41, 5.74) is 1.14. The van der Waals surface area contributed by atoms with Crippen molar-refractivity contribution in [3.8, 4) is 0 Å². The molecule has 1 aromatic carbocycles. The van der Waals surface area contributed by atoms with Gasteiger partial charge in [0.1, 0.15) is 11.3 Å². The zero-order valence-corrected chi connectivity index (χ0v) is 23.5. The minimum absolute atomic E-state index is 0.0921. The summed E-state index contributed by atoms with van der Waals surface area (Å²) in [6, 6.07) is 11.3. The molecule has 0 saturated heterocycles. The molecule has 0 amide bonds. The van der Waals surface area contributed by atoms with Crippen LogP contribution in [0.2, 0.25) is 0 Å². The highest BCUT2D eigenvalue weighted by molar-refractivity contribution is 7.90. The number of hydrogen-bond acceptors (Lipinski definition) is 8. The van der Waals surface area contributed by atoms with Gasteiger partial charge in [0, 0.05) is 38.6 Å². The van der Waals surface area contributed by atoms with Crippen molar-refractivity contribution in [2.75, 3.05) is 41.3 Å². The monoisotopic (exact) mass is 570 g/mol. The smallest absolute Gasteiger partial charge is 0.308 e. The first-order valence-corrected chi connectivity index (χ1v) is 13.8. The van der Waals surface area contributed by atoms with Crippen molar-refractivity contribution in [2.24, 2.45) is 0 Å². The van der Waals surface area contributed by atoms with Gasteiger partial charge in [0.05, 0.1) is 10.4 Å². The van der Waals surface area contributed by atoms with Gasteiger partial charge in [-0.15, -0.1) is 0 Å². The fourth-order valence-corrected chi connectivity index (χ4v) is 5.45. The van der Waals surface area contributed by atoms with E-state index in [0.717, 1.165) is 29.8 Å². The number of aromatic nitrogens is 6. The number of H-pyrrole nitrogens is 1. The van der Waals surface area contributed by atoms with Crippen molar-refractivity contribution in [3.05, 3.63) is 87.7 Å². The van der Waals surface area contributed by atoms with E-state index in [9.17, 15) is 22.4 Å². The Kier molecular flexibility index (Phi) is 8.61. The first-order valence-electron chi connectivity index (χ1n) is 12.4. The van der Waals surface area contributed by atoms with Crippen LogP contribution in [0.5, 0.6) is 0 Å². The number of imidazole rings is 2. The molecule has 0 fully saturated rings. The first kappa shape index (κ1) is 28.9. The number of likely N-dealkylation sites (N-methyl/N-ethyl adjacent to an activating group) is 2. The predicted molar refractivity (Wildman–Crippen MR) is 150 cm³/mol. The summed E-state index contributed by atoms with van der Waals surface area (Å²) in [6.07, 6.45) is 3.19. The third kappa shape index (κ3) is 6.03. The highest BCUT2D eigenvalue weighted by atomic mass is 32.2. The first-order chi connectivity index (χ1) is 19.0. The minimum atomic E-state index is -4.25. The summed E-state index contributed by atoms with van der Waals surface area (Å²) >= 11 is 0. The summed E-state index contributed by atoms with van der Waals surface area (Å²) < 4.78 is 43.0. The lowest BCUT2D eigenvalue weighted by atomic mass is 10.4. The van der Waals surface area contributed by atoms with E-state index in [2.05, 4.69) is 15.0 Å². The third-order valence-corrected chi connectivity index (χ3v) is 7.73. The SMILES string of the molecule is CN(C)CCn1c(=O)[nH]c2cccnc21.CN(C)CCn1c(=O)n(S(=O)(=O)c2cccc(F)c2)c2cccnc21. The van der Waals surface area contributed by atoms with Gasteiger partial charge in [-0.3, -0.25) is 9.13 Å². The Hall–Kier alpha value is -4.14. The summed E-state index contributed by atoms with van der Waals surface area (Å²) in [4.78, 5) is 39.1. The predicted octanol–water partition coefficient (Wildman–Crippen LogP) is 1.42. The number of benzene rings is 1. The standard InChI is InChI=1S/C16H17FN4O3S.C10H14N4O/c1-19(2)9-10-20-15-14(7-4-8-18-15)21(16(20)22)25(23,24)13-6-3-5-12(17)11-13;1-13(2)6-7-14-9-8(12-10(14)15)4-3-5-11-9/h3-8,11H,9-10H2,1-2H3;3-5H,6-7H2,1-2H3,(H,12,15). The van der Waals surface area contributed by atoms with Gasteiger partial charge in [0.2, 0.25) is 0 Å². The van der Waals surface area contributed by atoms with E-state index in [0.29, 0.717) is 17.1 Å². The molecule has 40 heavy (non-hydrogen) atoms. The fourth-order valence-electron chi connectivity index (χ4n) is 4.02. The van der Waals surface area contributed by atoms with Crippen LogP contribution in [0.1, 0.15) is 0 Å². The molecule has 0 radical (unpaired) electrons. The maximum atomic E-state index is 13.5. The number of fused-ring (bicyclic) bond motifs is 2. The summed E-state index contributed by atoms with van der Waals surface area (Å²) in [6.45, 7) is 2.30. The van der Waals surface area contributed by atoms with Crippen molar-refractivity contribution in [1.29, 1.82) is 0 Å². The van der Waals surface area contributed by atoms with Gasteiger partial charge < -0.3 is 14.8 Å². The van der Waals surface area contributed by atoms with Crippen LogP contribution in [0.4, 0.5) is 4.39 Å². The van der Waals surface area contributed by atoms with Crippen LogP contribution in [0.3, 0.4) is 0 Å². The molecule has 0 bridgehead atoms. The van der Waals surface area contributed by atoms with Gasteiger partial charge in [-0.25, -0.2) is 32.4 Å².